The van der Waals surface area contributed by atoms with Crippen molar-refractivity contribution in [2.75, 3.05) is 13.2 Å². The van der Waals surface area contributed by atoms with Gasteiger partial charge in [0.05, 0.1) is 13.2 Å². The van der Waals surface area contributed by atoms with Gasteiger partial charge in [0.2, 0.25) is 0 Å². The maximum Gasteiger partial charge on any atom is 0.119 e. The highest BCUT2D eigenvalue weighted by Gasteiger charge is 2.53. The van der Waals surface area contributed by atoms with Gasteiger partial charge in [0.15, 0.2) is 0 Å². The van der Waals surface area contributed by atoms with Crippen LogP contribution in [0.15, 0.2) is 42.5 Å². The monoisotopic (exact) mass is 448 g/mol. The number of ether oxygens (including phenoxy) is 2. The van der Waals surface area contributed by atoms with Crippen LogP contribution in [0.25, 0.3) is 0 Å². The van der Waals surface area contributed by atoms with E-state index >= 15 is 0 Å². The van der Waals surface area contributed by atoms with Crippen LogP contribution in [0.5, 0.6) is 5.75 Å². The molecule has 168 valence electrons. The van der Waals surface area contributed by atoms with Crippen LogP contribution in [-0.4, -0.2) is 58.1 Å². The molecular weight excluding hydrogens is 420 g/mol. The van der Waals surface area contributed by atoms with Gasteiger partial charge in [0.1, 0.15) is 35.8 Å². The lowest BCUT2D eigenvalue weighted by Crippen LogP contribution is -2.62. The summed E-state index contributed by atoms with van der Waals surface area (Å²) < 4.78 is 11.5. The molecule has 1 heterocycles. The number of hydrogen-bond acceptors (Lipinski definition) is 6. The van der Waals surface area contributed by atoms with E-state index in [1.165, 1.54) is 0 Å². The molecule has 4 N–H and O–H groups in total. The topological polar surface area (TPSA) is 99.4 Å². The number of hydrogen-bond donors (Lipinski definition) is 4. The molecular formula is C24H29ClO6. The summed E-state index contributed by atoms with van der Waals surface area (Å²) in [7, 11) is 0. The molecule has 31 heavy (non-hydrogen) atoms. The fraction of sp³-hybridized carbons (Fsp3) is 0.500. The van der Waals surface area contributed by atoms with Crippen LogP contribution in [0, 0.1) is 0 Å². The van der Waals surface area contributed by atoms with Gasteiger partial charge in [-0.05, 0) is 61.6 Å². The summed E-state index contributed by atoms with van der Waals surface area (Å²) in [4.78, 5) is 0. The predicted octanol–water partition coefficient (Wildman–Crippen LogP) is 2.51. The molecule has 4 rings (SSSR count). The summed E-state index contributed by atoms with van der Waals surface area (Å²) >= 11 is 6.62. The molecule has 1 aliphatic heterocycles. The first kappa shape index (κ1) is 22.5. The maximum atomic E-state index is 10.7. The molecule has 2 fully saturated rings. The third-order valence-electron chi connectivity index (χ3n) is 6.72. The molecule has 1 aliphatic carbocycles. The van der Waals surface area contributed by atoms with Crippen LogP contribution < -0.4 is 4.74 Å². The Bertz CT molecular complexity index is 926. The second-order valence-corrected chi connectivity index (χ2v) is 9.01. The van der Waals surface area contributed by atoms with E-state index in [-0.39, 0.29) is 5.41 Å². The van der Waals surface area contributed by atoms with E-state index in [2.05, 4.69) is 12.1 Å². The highest BCUT2D eigenvalue weighted by atomic mass is 35.5. The van der Waals surface area contributed by atoms with Gasteiger partial charge < -0.3 is 29.9 Å². The number of aliphatic hydroxyl groups is 4. The second kappa shape index (κ2) is 8.35. The minimum atomic E-state index is -1.45. The van der Waals surface area contributed by atoms with E-state index in [9.17, 15) is 20.4 Å². The average Bonchev–Trinajstić information content (AvgIpc) is 3.57. The van der Waals surface area contributed by atoms with Gasteiger partial charge in [-0.25, -0.2) is 0 Å². The van der Waals surface area contributed by atoms with Crippen LogP contribution in [0.3, 0.4) is 0 Å². The van der Waals surface area contributed by atoms with Gasteiger partial charge in [-0.3, -0.25) is 0 Å². The van der Waals surface area contributed by atoms with Gasteiger partial charge in [0, 0.05) is 10.4 Å². The molecule has 0 bridgehead atoms. The molecule has 0 amide bonds. The van der Waals surface area contributed by atoms with E-state index in [4.69, 9.17) is 21.1 Å². The molecule has 7 heteroatoms. The van der Waals surface area contributed by atoms with E-state index in [0.717, 1.165) is 29.7 Å². The standard InChI is InChI=1S/C24H29ClO6/c1-3-30-16-7-4-14(5-8-16)24(10-11-24)17-12-15(6-9-18(17)25)23(2)22(29)21(28)20(27)19(13-26)31-23/h4-9,12,19-22,26-29H,3,10-11,13H2,1-2H3/t19-,20-,21+,22-,23+/m1/s1. The highest BCUT2D eigenvalue weighted by Crippen LogP contribution is 2.56. The molecule has 0 spiro atoms. The van der Waals surface area contributed by atoms with Gasteiger partial charge >= 0.3 is 0 Å². The lowest BCUT2D eigenvalue weighted by atomic mass is 9.79. The SMILES string of the molecule is CCOc1ccc(C2(c3cc([C@]4(C)O[C@H](CO)[C@@H](O)[C@H](O)[C@H]4O)ccc3Cl)CC2)cc1. The summed E-state index contributed by atoms with van der Waals surface area (Å²) in [6, 6.07) is 13.4. The lowest BCUT2D eigenvalue weighted by Gasteiger charge is -2.47. The summed E-state index contributed by atoms with van der Waals surface area (Å²) in [5.41, 5.74) is 1.13. The Kier molecular flexibility index (Phi) is 6.07. The molecule has 1 saturated heterocycles. The van der Waals surface area contributed by atoms with Crippen LogP contribution in [0.1, 0.15) is 43.4 Å². The van der Waals surface area contributed by atoms with Gasteiger partial charge in [0.25, 0.3) is 0 Å². The van der Waals surface area contributed by atoms with Crippen molar-refractivity contribution >= 4 is 11.6 Å². The van der Waals surface area contributed by atoms with Crippen molar-refractivity contribution in [1.29, 1.82) is 0 Å². The maximum absolute atomic E-state index is 10.7. The van der Waals surface area contributed by atoms with Crippen LogP contribution in [0.2, 0.25) is 5.02 Å². The number of halogens is 1. The molecule has 6 nitrogen and oxygen atoms in total. The van der Waals surface area contributed by atoms with Crippen molar-refractivity contribution in [2.45, 2.75) is 62.1 Å². The largest absolute Gasteiger partial charge is 0.494 e. The zero-order chi connectivity index (χ0) is 22.4. The van der Waals surface area contributed by atoms with E-state index in [1.54, 1.807) is 19.1 Å². The summed E-state index contributed by atoms with van der Waals surface area (Å²) in [5, 5.41) is 41.4. The Morgan fingerprint density at radius 1 is 1.03 bits per heavy atom. The quantitative estimate of drug-likeness (QED) is 0.542. The van der Waals surface area contributed by atoms with E-state index < -0.39 is 36.6 Å². The van der Waals surface area contributed by atoms with Crippen molar-refractivity contribution in [2.24, 2.45) is 0 Å². The van der Waals surface area contributed by atoms with Crippen molar-refractivity contribution in [3.8, 4) is 5.75 Å². The fourth-order valence-corrected chi connectivity index (χ4v) is 4.95. The Morgan fingerprint density at radius 2 is 1.68 bits per heavy atom. The van der Waals surface area contributed by atoms with Crippen molar-refractivity contribution in [1.82, 2.24) is 0 Å². The average molecular weight is 449 g/mol. The van der Waals surface area contributed by atoms with E-state index in [0.29, 0.717) is 17.2 Å². The van der Waals surface area contributed by atoms with Crippen LogP contribution in [-0.2, 0) is 15.8 Å². The predicted molar refractivity (Wildman–Crippen MR) is 116 cm³/mol. The first-order chi connectivity index (χ1) is 14.8. The molecule has 1 saturated carbocycles. The molecule has 0 aromatic heterocycles. The smallest absolute Gasteiger partial charge is 0.119 e. The van der Waals surface area contributed by atoms with Crippen molar-refractivity contribution in [3.63, 3.8) is 0 Å². The molecule has 2 aliphatic rings. The minimum absolute atomic E-state index is 0.234. The Labute approximate surface area is 187 Å². The fourth-order valence-electron chi connectivity index (χ4n) is 4.65. The first-order valence-electron chi connectivity index (χ1n) is 10.6. The van der Waals surface area contributed by atoms with Gasteiger partial charge in [-0.2, -0.15) is 0 Å². The third kappa shape index (κ3) is 3.75. The summed E-state index contributed by atoms with van der Waals surface area (Å²) in [5.74, 6) is 0.815. The zero-order valence-corrected chi connectivity index (χ0v) is 18.4. The summed E-state index contributed by atoms with van der Waals surface area (Å²) in [6.45, 7) is 3.73. The molecule has 2 aromatic carbocycles. The van der Waals surface area contributed by atoms with Gasteiger partial charge in [-0.1, -0.05) is 35.9 Å². The minimum Gasteiger partial charge on any atom is -0.494 e. The molecule has 2 aromatic rings. The van der Waals surface area contributed by atoms with Crippen LogP contribution >= 0.6 is 11.6 Å². The van der Waals surface area contributed by atoms with Crippen molar-refractivity contribution < 1.29 is 29.9 Å². The van der Waals surface area contributed by atoms with Gasteiger partial charge in [-0.15, -0.1) is 0 Å². The second-order valence-electron chi connectivity index (χ2n) is 8.61. The van der Waals surface area contributed by atoms with E-state index in [1.807, 2.05) is 25.1 Å². The lowest BCUT2D eigenvalue weighted by molar-refractivity contribution is -0.273. The highest BCUT2D eigenvalue weighted by molar-refractivity contribution is 6.31. The molecule has 5 atom stereocenters. The van der Waals surface area contributed by atoms with Crippen molar-refractivity contribution in [3.05, 3.63) is 64.2 Å². The summed E-state index contributed by atoms with van der Waals surface area (Å²) in [6.07, 6.45) is -3.34. The number of benzene rings is 2. The molecule has 0 radical (unpaired) electrons. The Hall–Kier alpha value is -1.67. The normalized spacial score (nSPS) is 32.0. The molecule has 0 unspecified atom stereocenters. The zero-order valence-electron chi connectivity index (χ0n) is 17.7. The third-order valence-corrected chi connectivity index (χ3v) is 7.05. The Balaban J connectivity index is 1.72. The number of rotatable bonds is 6. The van der Waals surface area contributed by atoms with Crippen LogP contribution in [0.4, 0.5) is 0 Å². The Morgan fingerprint density at radius 3 is 2.26 bits per heavy atom. The number of aliphatic hydroxyl groups excluding tert-OH is 4. The first-order valence-corrected chi connectivity index (χ1v) is 11.0.